The molecule has 2 aromatic carbocycles. The minimum Gasteiger partial charge on any atom is -0.376 e. The molecule has 2 aromatic rings. The molecule has 0 bridgehead atoms. The van der Waals surface area contributed by atoms with E-state index in [-0.39, 0.29) is 49.3 Å². The van der Waals surface area contributed by atoms with Crippen LogP contribution in [0.4, 0.5) is 17.6 Å². The van der Waals surface area contributed by atoms with E-state index in [1.807, 2.05) is 6.08 Å². The Morgan fingerprint density at radius 2 is 1.85 bits per heavy atom. The predicted molar refractivity (Wildman–Crippen MR) is 140 cm³/mol. The van der Waals surface area contributed by atoms with Crippen LogP contribution in [0, 0.1) is 11.2 Å². The number of hydrogen-bond donors (Lipinski definition) is 1. The van der Waals surface area contributed by atoms with E-state index in [1.165, 1.54) is 35.2 Å². The standard InChI is InChI=1S/C30H32F4N2O4/c1-39-29(30(32,33)34,23-6-2-4-21(16-23)22-5-3-15-40-19-22)27(38)36-13-11-28(12-14-36)17-26(37)35-18-25(28)20-7-9-24(31)10-8-20/h2,4-10,16,25H,3,11-15,17-19H2,1H3,(H,35,37)/t25-,29+/m0/s1. The van der Waals surface area contributed by atoms with Gasteiger partial charge in [0.2, 0.25) is 5.91 Å². The molecule has 0 aliphatic carbocycles. The van der Waals surface area contributed by atoms with Gasteiger partial charge in [0.15, 0.2) is 0 Å². The van der Waals surface area contributed by atoms with Crippen LogP contribution < -0.4 is 5.32 Å². The Bertz CT molecular complexity index is 1290. The lowest BCUT2D eigenvalue weighted by molar-refractivity contribution is -0.271. The van der Waals surface area contributed by atoms with Crippen LogP contribution in [0.25, 0.3) is 5.57 Å². The number of hydrogen-bond acceptors (Lipinski definition) is 4. The van der Waals surface area contributed by atoms with Crippen molar-refractivity contribution in [1.29, 1.82) is 0 Å². The van der Waals surface area contributed by atoms with Crippen molar-refractivity contribution in [2.45, 2.75) is 43.4 Å². The number of piperidine rings is 2. The minimum atomic E-state index is -5.04. The molecular formula is C30H32F4N2O4. The second-order valence-electron chi connectivity index (χ2n) is 10.8. The second-order valence-corrected chi connectivity index (χ2v) is 10.8. The normalized spacial score (nSPS) is 22.8. The topological polar surface area (TPSA) is 67.9 Å². The van der Waals surface area contributed by atoms with Gasteiger partial charge in [0.25, 0.3) is 11.5 Å². The van der Waals surface area contributed by atoms with Gasteiger partial charge in [-0.05, 0) is 59.6 Å². The number of nitrogens with zero attached hydrogens (tertiary/aromatic N) is 1. The maximum atomic E-state index is 14.9. The Balaban J connectivity index is 1.44. The summed E-state index contributed by atoms with van der Waals surface area (Å²) in [6.45, 7) is 1.23. The Kier molecular flexibility index (Phi) is 7.76. The number of halogens is 4. The molecule has 3 heterocycles. The van der Waals surface area contributed by atoms with Crippen LogP contribution in [0.5, 0.6) is 0 Å². The smallest absolute Gasteiger partial charge is 0.376 e. The van der Waals surface area contributed by atoms with E-state index in [9.17, 15) is 27.2 Å². The van der Waals surface area contributed by atoms with E-state index in [2.05, 4.69) is 5.32 Å². The summed E-state index contributed by atoms with van der Waals surface area (Å²) in [6, 6.07) is 11.9. The van der Waals surface area contributed by atoms with Gasteiger partial charge in [0.05, 0.1) is 13.2 Å². The number of nitrogens with one attached hydrogen (secondary N) is 1. The summed E-state index contributed by atoms with van der Waals surface area (Å²) in [5, 5.41) is 2.86. The van der Waals surface area contributed by atoms with Gasteiger partial charge in [0, 0.05) is 44.6 Å². The molecule has 3 aliphatic heterocycles. The molecule has 2 fully saturated rings. The quantitative estimate of drug-likeness (QED) is 0.526. The van der Waals surface area contributed by atoms with Crippen molar-refractivity contribution < 1.29 is 36.6 Å². The third-order valence-electron chi connectivity index (χ3n) is 8.63. The van der Waals surface area contributed by atoms with E-state index >= 15 is 0 Å². The number of methoxy groups -OCH3 is 1. The summed E-state index contributed by atoms with van der Waals surface area (Å²) in [7, 11) is 0.905. The first-order chi connectivity index (χ1) is 19.1. The largest absolute Gasteiger partial charge is 0.430 e. The highest BCUT2D eigenvalue weighted by atomic mass is 19.4. The van der Waals surface area contributed by atoms with Crippen LogP contribution >= 0.6 is 0 Å². The van der Waals surface area contributed by atoms with Crippen LogP contribution in [0.3, 0.4) is 0 Å². The molecule has 3 aliphatic rings. The van der Waals surface area contributed by atoms with Gasteiger partial charge in [-0.25, -0.2) is 4.39 Å². The first-order valence-electron chi connectivity index (χ1n) is 13.4. The number of alkyl halides is 3. The van der Waals surface area contributed by atoms with Gasteiger partial charge in [-0.1, -0.05) is 36.4 Å². The van der Waals surface area contributed by atoms with Gasteiger partial charge in [-0.3, -0.25) is 9.59 Å². The molecule has 6 nitrogen and oxygen atoms in total. The SMILES string of the molecule is CO[C@@](C(=O)N1CCC2(CC1)CC(=O)NC[C@H]2c1ccc(F)cc1)(c1cccc(C2=CCCOC2)c1)C(F)(F)F. The molecule has 40 heavy (non-hydrogen) atoms. The van der Waals surface area contributed by atoms with Gasteiger partial charge >= 0.3 is 6.18 Å². The monoisotopic (exact) mass is 560 g/mol. The first kappa shape index (κ1) is 28.3. The third-order valence-corrected chi connectivity index (χ3v) is 8.63. The Morgan fingerprint density at radius 3 is 2.48 bits per heavy atom. The van der Waals surface area contributed by atoms with Crippen molar-refractivity contribution in [2.24, 2.45) is 5.41 Å². The Morgan fingerprint density at radius 1 is 1.12 bits per heavy atom. The number of rotatable bonds is 5. The minimum absolute atomic E-state index is 0.0314. The summed E-state index contributed by atoms with van der Waals surface area (Å²) in [6.07, 6.45) is -1.61. The third kappa shape index (κ3) is 5.03. The van der Waals surface area contributed by atoms with Crippen LogP contribution in [0.2, 0.25) is 0 Å². The number of amides is 2. The summed E-state index contributed by atoms with van der Waals surface area (Å²) < 4.78 is 68.8. The number of carbonyl (C=O) groups is 2. The summed E-state index contributed by atoms with van der Waals surface area (Å²) >= 11 is 0. The molecule has 0 radical (unpaired) electrons. The molecular weight excluding hydrogens is 528 g/mol. The van der Waals surface area contributed by atoms with E-state index in [0.717, 1.165) is 18.2 Å². The molecule has 0 unspecified atom stereocenters. The Hall–Kier alpha value is -3.24. The number of likely N-dealkylation sites (tertiary alicyclic amines) is 1. The molecule has 2 amide bonds. The maximum absolute atomic E-state index is 14.9. The van der Waals surface area contributed by atoms with Crippen molar-refractivity contribution in [3.8, 4) is 0 Å². The van der Waals surface area contributed by atoms with Gasteiger partial charge in [0.1, 0.15) is 5.82 Å². The fourth-order valence-electron chi connectivity index (χ4n) is 6.43. The summed E-state index contributed by atoms with van der Waals surface area (Å²) in [5.41, 5.74) is -1.89. The molecule has 0 aromatic heterocycles. The Labute approximate surface area is 230 Å². The second kappa shape index (κ2) is 11.0. The average Bonchev–Trinajstić information content (AvgIpc) is 2.95. The number of carbonyl (C=O) groups excluding carboxylic acids is 2. The average molecular weight is 561 g/mol. The zero-order chi connectivity index (χ0) is 28.5. The van der Waals surface area contributed by atoms with E-state index in [0.29, 0.717) is 38.0 Å². The maximum Gasteiger partial charge on any atom is 0.430 e. The van der Waals surface area contributed by atoms with Crippen molar-refractivity contribution in [2.75, 3.05) is 40.0 Å². The molecule has 5 rings (SSSR count). The number of ether oxygens (including phenoxy) is 2. The van der Waals surface area contributed by atoms with Gasteiger partial charge < -0.3 is 19.7 Å². The van der Waals surface area contributed by atoms with Crippen LogP contribution in [0.15, 0.2) is 54.6 Å². The lowest BCUT2D eigenvalue weighted by Crippen LogP contribution is -2.60. The van der Waals surface area contributed by atoms with Gasteiger partial charge in [-0.15, -0.1) is 0 Å². The van der Waals surface area contributed by atoms with Crippen molar-refractivity contribution >= 4 is 17.4 Å². The van der Waals surface area contributed by atoms with Crippen LogP contribution in [-0.2, 0) is 24.7 Å². The molecule has 2 saturated heterocycles. The molecule has 10 heteroatoms. The highest BCUT2D eigenvalue weighted by Crippen LogP contribution is 2.50. The van der Waals surface area contributed by atoms with Crippen LogP contribution in [-0.4, -0.2) is 62.8 Å². The highest BCUT2D eigenvalue weighted by Gasteiger charge is 2.64. The molecule has 1 spiro atoms. The van der Waals surface area contributed by atoms with Crippen molar-refractivity contribution in [3.63, 3.8) is 0 Å². The first-order valence-corrected chi connectivity index (χ1v) is 13.4. The van der Waals surface area contributed by atoms with Crippen molar-refractivity contribution in [1.82, 2.24) is 10.2 Å². The lowest BCUT2D eigenvalue weighted by Gasteiger charge is -2.50. The van der Waals surface area contributed by atoms with E-state index in [1.54, 1.807) is 18.2 Å². The molecule has 214 valence electrons. The lowest BCUT2D eigenvalue weighted by atomic mass is 9.62. The highest BCUT2D eigenvalue weighted by molar-refractivity contribution is 5.88. The number of benzene rings is 2. The zero-order valence-corrected chi connectivity index (χ0v) is 22.2. The summed E-state index contributed by atoms with van der Waals surface area (Å²) in [5.74, 6) is -1.85. The zero-order valence-electron chi connectivity index (χ0n) is 22.2. The summed E-state index contributed by atoms with van der Waals surface area (Å²) in [4.78, 5) is 27.5. The molecule has 2 atom stereocenters. The van der Waals surface area contributed by atoms with Crippen LogP contribution in [0.1, 0.15) is 48.3 Å². The molecule has 0 saturated carbocycles. The van der Waals surface area contributed by atoms with Gasteiger partial charge in [-0.2, -0.15) is 13.2 Å². The fraction of sp³-hybridized carbons (Fsp3) is 0.467. The van der Waals surface area contributed by atoms with E-state index in [4.69, 9.17) is 9.47 Å². The van der Waals surface area contributed by atoms with Crippen molar-refractivity contribution in [3.05, 3.63) is 77.1 Å². The fourth-order valence-corrected chi connectivity index (χ4v) is 6.43. The van der Waals surface area contributed by atoms with E-state index < -0.39 is 23.1 Å². The predicted octanol–water partition coefficient (Wildman–Crippen LogP) is 4.95. The molecule has 1 N–H and O–H groups in total.